The van der Waals surface area contributed by atoms with Gasteiger partial charge < -0.3 is 14.9 Å². The van der Waals surface area contributed by atoms with Gasteiger partial charge in [-0.2, -0.15) is 0 Å². The molecular weight excluding hydrogens is 434 g/mol. The summed E-state index contributed by atoms with van der Waals surface area (Å²) < 4.78 is 29.4. The van der Waals surface area contributed by atoms with Gasteiger partial charge in [0.1, 0.15) is 24.2 Å². The Balaban J connectivity index is 1.78. The van der Waals surface area contributed by atoms with E-state index in [1.807, 2.05) is 35.1 Å². The summed E-state index contributed by atoms with van der Waals surface area (Å²) in [5.41, 5.74) is 0. The van der Waals surface area contributed by atoms with Crippen LogP contribution in [-0.2, 0) is 19.6 Å². The van der Waals surface area contributed by atoms with Gasteiger partial charge in [0.25, 0.3) is 0 Å². The van der Waals surface area contributed by atoms with Crippen LogP contribution >= 0.6 is 0 Å². The molecule has 176 valence electrons. The Labute approximate surface area is 189 Å². The number of unbranched alkanes of at least 4 members (excludes halogenated alkanes) is 1. The van der Waals surface area contributed by atoms with Crippen molar-refractivity contribution >= 4 is 21.7 Å². The number of aliphatic hydroxyl groups is 2. The second kappa shape index (κ2) is 12.5. The van der Waals surface area contributed by atoms with Crippen molar-refractivity contribution in [2.75, 3.05) is 12.9 Å². The first-order valence-corrected chi connectivity index (χ1v) is 12.5. The Bertz CT molecular complexity index is 912. The number of ether oxygens (including phenoxy) is 1. The molecule has 0 heterocycles. The van der Waals surface area contributed by atoms with Crippen molar-refractivity contribution in [2.45, 2.75) is 44.3 Å². The number of rotatable bonds is 12. The van der Waals surface area contributed by atoms with Crippen molar-refractivity contribution in [1.29, 1.82) is 0 Å². The van der Waals surface area contributed by atoms with Crippen LogP contribution in [0.2, 0.25) is 0 Å². The van der Waals surface area contributed by atoms with Gasteiger partial charge in [-0.25, -0.2) is 8.42 Å². The lowest BCUT2D eigenvalue weighted by atomic mass is 9.90. The summed E-state index contributed by atoms with van der Waals surface area (Å²) in [6.07, 6.45) is 7.84. The number of carbonyl (C=O) groups is 2. The summed E-state index contributed by atoms with van der Waals surface area (Å²) >= 11 is 0. The molecule has 1 amide bonds. The monoisotopic (exact) mass is 465 g/mol. The van der Waals surface area contributed by atoms with Gasteiger partial charge in [0.2, 0.25) is 15.9 Å². The molecule has 9 heteroatoms. The average molecular weight is 466 g/mol. The molecule has 4 atom stereocenters. The van der Waals surface area contributed by atoms with E-state index < -0.39 is 28.1 Å². The van der Waals surface area contributed by atoms with E-state index in [0.29, 0.717) is 25.0 Å². The highest BCUT2D eigenvalue weighted by Crippen LogP contribution is 2.33. The van der Waals surface area contributed by atoms with Crippen molar-refractivity contribution in [2.24, 2.45) is 11.8 Å². The molecule has 1 saturated carbocycles. The first-order chi connectivity index (χ1) is 15.2. The highest BCUT2D eigenvalue weighted by atomic mass is 32.2. The zero-order chi connectivity index (χ0) is 23.6. The van der Waals surface area contributed by atoms with Crippen LogP contribution in [0.4, 0.5) is 0 Å². The molecule has 0 saturated heterocycles. The van der Waals surface area contributed by atoms with Gasteiger partial charge in [-0.1, -0.05) is 42.5 Å². The number of Topliss-reactive ketones (excluding diaryl/α,β-unsaturated/α-hetero) is 1. The Kier molecular flexibility index (Phi) is 10.1. The van der Waals surface area contributed by atoms with Gasteiger partial charge in [0.05, 0.1) is 12.4 Å². The van der Waals surface area contributed by atoms with Crippen LogP contribution in [0.3, 0.4) is 0 Å². The summed E-state index contributed by atoms with van der Waals surface area (Å²) in [6, 6.07) is 9.11. The fraction of sp³-hybridized carbons (Fsp3) is 0.478. The lowest BCUT2D eigenvalue weighted by Crippen LogP contribution is -2.28. The summed E-state index contributed by atoms with van der Waals surface area (Å²) in [7, 11) is -3.54. The van der Waals surface area contributed by atoms with Crippen LogP contribution < -0.4 is 9.46 Å². The lowest BCUT2D eigenvalue weighted by molar-refractivity contribution is -0.121. The van der Waals surface area contributed by atoms with E-state index >= 15 is 0 Å². The molecule has 2 rings (SSSR count). The zero-order valence-corrected chi connectivity index (χ0v) is 18.9. The van der Waals surface area contributed by atoms with Gasteiger partial charge in [-0.05, 0) is 31.4 Å². The van der Waals surface area contributed by atoms with Gasteiger partial charge in [0, 0.05) is 24.7 Å². The molecule has 0 aliphatic heterocycles. The maximum Gasteiger partial charge on any atom is 0.233 e. The van der Waals surface area contributed by atoms with E-state index in [1.54, 1.807) is 24.3 Å². The topological polar surface area (TPSA) is 130 Å². The Morgan fingerprint density at radius 1 is 1.28 bits per heavy atom. The number of amides is 1. The molecule has 1 aliphatic rings. The number of para-hydroxylation sites is 1. The fourth-order valence-electron chi connectivity index (χ4n) is 3.54. The second-order valence-corrected chi connectivity index (χ2v) is 9.64. The van der Waals surface area contributed by atoms with E-state index in [1.165, 1.54) is 0 Å². The minimum absolute atomic E-state index is 0.0284. The van der Waals surface area contributed by atoms with Crippen LogP contribution in [0.15, 0.2) is 54.6 Å². The van der Waals surface area contributed by atoms with Crippen molar-refractivity contribution in [3.63, 3.8) is 0 Å². The predicted octanol–water partition coefficient (Wildman–Crippen LogP) is 1.74. The highest BCUT2D eigenvalue weighted by Gasteiger charge is 2.39. The average Bonchev–Trinajstić information content (AvgIpc) is 2.99. The summed E-state index contributed by atoms with van der Waals surface area (Å²) in [5, 5.41) is 20.4. The number of hydrogen-bond acceptors (Lipinski definition) is 7. The maximum absolute atomic E-state index is 12.3. The third-order valence-corrected chi connectivity index (χ3v) is 5.68. The van der Waals surface area contributed by atoms with Gasteiger partial charge in [-0.15, -0.1) is 0 Å². The van der Waals surface area contributed by atoms with Crippen LogP contribution in [0.1, 0.15) is 32.1 Å². The van der Waals surface area contributed by atoms with Crippen LogP contribution in [0.25, 0.3) is 0 Å². The molecule has 0 unspecified atom stereocenters. The molecule has 3 N–H and O–H groups in total. The molecule has 1 aromatic carbocycles. The Hall–Kier alpha value is -2.49. The molecule has 0 bridgehead atoms. The summed E-state index contributed by atoms with van der Waals surface area (Å²) in [4.78, 5) is 23.7. The first kappa shape index (κ1) is 25.8. The molecule has 0 radical (unpaired) electrons. The largest absolute Gasteiger partial charge is 0.491 e. The van der Waals surface area contributed by atoms with Crippen molar-refractivity contribution in [3.05, 3.63) is 54.6 Å². The number of carbonyl (C=O) groups excluding carboxylic acids is 2. The number of nitrogens with one attached hydrogen (secondary N) is 1. The summed E-state index contributed by atoms with van der Waals surface area (Å²) in [6.45, 7) is 0.0642. The van der Waals surface area contributed by atoms with Crippen LogP contribution in [0, 0.1) is 11.8 Å². The molecule has 0 aromatic heterocycles. The van der Waals surface area contributed by atoms with E-state index in [9.17, 15) is 28.2 Å². The van der Waals surface area contributed by atoms with Gasteiger partial charge in [0.15, 0.2) is 0 Å². The van der Waals surface area contributed by atoms with Crippen molar-refractivity contribution in [1.82, 2.24) is 4.72 Å². The van der Waals surface area contributed by atoms with E-state index in [2.05, 4.69) is 0 Å². The standard InChI is InChI=1S/C23H31NO7S/c1-32(29,30)24-23(28)12-8-3-2-7-11-19-20(22(27)15-21(19)26)14-13-17(25)16-31-18-9-5-4-6-10-18/h2,4-7,9-10,13-14,17,19-20,22,25,27H,3,8,11-12,15-16H2,1H3,(H,24,28)/b7-2+,14-13+/t17-,19-,20-,22-/m1/s1. The molecule has 32 heavy (non-hydrogen) atoms. The molecule has 1 aliphatic carbocycles. The Morgan fingerprint density at radius 3 is 2.69 bits per heavy atom. The molecular formula is C23H31NO7S. The third-order valence-electron chi connectivity index (χ3n) is 5.08. The third kappa shape index (κ3) is 9.33. The fourth-order valence-corrected chi connectivity index (χ4v) is 4.05. The highest BCUT2D eigenvalue weighted by molar-refractivity contribution is 7.89. The molecule has 1 aromatic rings. The quantitative estimate of drug-likeness (QED) is 0.317. The molecule has 1 fully saturated rings. The van der Waals surface area contributed by atoms with Crippen LogP contribution in [0.5, 0.6) is 5.75 Å². The van der Waals surface area contributed by atoms with E-state index in [0.717, 1.165) is 6.26 Å². The minimum Gasteiger partial charge on any atom is -0.491 e. The van der Waals surface area contributed by atoms with E-state index in [4.69, 9.17) is 4.74 Å². The number of sulfonamides is 1. The Morgan fingerprint density at radius 2 is 2.00 bits per heavy atom. The first-order valence-electron chi connectivity index (χ1n) is 10.6. The minimum atomic E-state index is -3.54. The van der Waals surface area contributed by atoms with Crippen molar-refractivity contribution in [3.8, 4) is 5.75 Å². The molecule has 8 nitrogen and oxygen atoms in total. The molecule has 0 spiro atoms. The van der Waals surface area contributed by atoms with Crippen LogP contribution in [-0.4, -0.2) is 55.4 Å². The number of hydrogen-bond donors (Lipinski definition) is 3. The second-order valence-electron chi connectivity index (χ2n) is 7.89. The summed E-state index contributed by atoms with van der Waals surface area (Å²) in [5.74, 6) is -0.700. The zero-order valence-electron chi connectivity index (χ0n) is 18.1. The number of benzene rings is 1. The normalized spacial score (nSPS) is 22.5. The van der Waals surface area contributed by atoms with Gasteiger partial charge >= 0.3 is 0 Å². The van der Waals surface area contributed by atoms with Gasteiger partial charge in [-0.3, -0.25) is 14.3 Å². The maximum atomic E-state index is 12.3. The number of allylic oxidation sites excluding steroid dienone is 2. The van der Waals surface area contributed by atoms with Crippen molar-refractivity contribution < 1.29 is 33.0 Å². The number of ketones is 1. The number of aliphatic hydroxyl groups excluding tert-OH is 2. The predicted molar refractivity (Wildman–Crippen MR) is 120 cm³/mol. The smallest absolute Gasteiger partial charge is 0.233 e. The lowest BCUT2D eigenvalue weighted by Gasteiger charge is -2.17. The van der Waals surface area contributed by atoms with E-state index in [-0.39, 0.29) is 37.1 Å². The SMILES string of the molecule is CS(=O)(=O)NC(=O)CCC/C=C/C[C@H]1C(=O)C[C@@H](O)[C@@H]1/C=C/[C@@H](O)COc1ccccc1.